The molecule has 90 valence electrons. The van der Waals surface area contributed by atoms with E-state index >= 15 is 0 Å². The van der Waals surface area contributed by atoms with Crippen molar-refractivity contribution in [1.29, 1.82) is 0 Å². The smallest absolute Gasteiger partial charge is 0.326 e. The largest absolute Gasteiger partial charge is 0.433 e. The topological polar surface area (TPSA) is 30.7 Å². The van der Waals surface area contributed by atoms with Gasteiger partial charge in [-0.15, -0.1) is 0 Å². The van der Waals surface area contributed by atoms with Gasteiger partial charge in [-0.1, -0.05) is 6.58 Å². The quantitative estimate of drug-likeness (QED) is 0.768. The Labute approximate surface area is 95.6 Å². The molecule has 0 radical (unpaired) electrons. The molecule has 17 heavy (non-hydrogen) atoms. The predicted molar refractivity (Wildman–Crippen MR) is 58.2 cm³/mol. The predicted octanol–water partition coefficient (Wildman–Crippen LogP) is 3.02. The molecule has 0 aliphatic rings. The number of aryl methyl sites for hydroxylation is 1. The molecule has 2 rings (SSSR count). The first kappa shape index (κ1) is 11.6. The van der Waals surface area contributed by atoms with E-state index < -0.39 is 11.9 Å². The van der Waals surface area contributed by atoms with Crippen molar-refractivity contribution in [2.75, 3.05) is 0 Å². The van der Waals surface area contributed by atoms with Crippen molar-refractivity contribution in [2.45, 2.75) is 13.1 Å². The van der Waals surface area contributed by atoms with Crippen LogP contribution < -0.4 is 0 Å². The zero-order chi connectivity index (χ0) is 12.8. The summed E-state index contributed by atoms with van der Waals surface area (Å²) in [5, 5.41) is 0. The Bertz CT molecular complexity index is 596. The van der Waals surface area contributed by atoms with Crippen molar-refractivity contribution in [3.8, 4) is 0 Å². The summed E-state index contributed by atoms with van der Waals surface area (Å²) < 4.78 is 39.1. The van der Waals surface area contributed by atoms with E-state index in [1.165, 1.54) is 6.20 Å². The summed E-state index contributed by atoms with van der Waals surface area (Å²) in [6, 6.07) is 0.946. The Morgan fingerprint density at radius 1 is 1.41 bits per heavy atom. The van der Waals surface area contributed by atoms with E-state index in [0.29, 0.717) is 16.9 Å². The maximum Gasteiger partial charge on any atom is 0.433 e. The number of fused-ring (bicyclic) bond motifs is 1. The number of alkyl halides is 3. The summed E-state index contributed by atoms with van der Waals surface area (Å²) in [4.78, 5) is 7.51. The van der Waals surface area contributed by atoms with Crippen LogP contribution in [0.3, 0.4) is 0 Å². The summed E-state index contributed by atoms with van der Waals surface area (Å²) in [6.45, 7) is 5.48. The first-order valence-corrected chi connectivity index (χ1v) is 4.86. The molecule has 0 N–H and O–H groups in total. The number of hydrogen-bond acceptors (Lipinski definition) is 2. The highest BCUT2D eigenvalue weighted by Gasteiger charge is 2.33. The second-order valence-corrected chi connectivity index (χ2v) is 3.83. The van der Waals surface area contributed by atoms with Gasteiger partial charge in [-0.05, 0) is 18.6 Å². The molecule has 0 aromatic carbocycles. The minimum atomic E-state index is -4.45. The molecular weight excluding hydrogens is 231 g/mol. The van der Waals surface area contributed by atoms with E-state index in [2.05, 4.69) is 16.5 Å². The second-order valence-electron chi connectivity index (χ2n) is 3.83. The van der Waals surface area contributed by atoms with Gasteiger partial charge in [0, 0.05) is 7.05 Å². The highest BCUT2D eigenvalue weighted by Crippen LogP contribution is 2.29. The van der Waals surface area contributed by atoms with Gasteiger partial charge in [-0.2, -0.15) is 13.2 Å². The first-order chi connectivity index (χ1) is 7.80. The van der Waals surface area contributed by atoms with Gasteiger partial charge >= 0.3 is 6.18 Å². The maximum atomic E-state index is 12.5. The van der Waals surface area contributed by atoms with Crippen LogP contribution in [-0.4, -0.2) is 14.5 Å². The van der Waals surface area contributed by atoms with Gasteiger partial charge < -0.3 is 4.57 Å². The number of allylic oxidation sites excluding steroid dienone is 1. The standard InChI is InChI=1S/C11H10F3N3/c1-6(2)10-16-7-4-9(11(12,13)14)15-5-8(7)17(10)3/h4-5H,1H2,2-3H3. The van der Waals surface area contributed by atoms with E-state index in [9.17, 15) is 13.2 Å². The average molecular weight is 241 g/mol. The number of nitrogens with zero attached hydrogens (tertiary/aromatic N) is 3. The molecule has 2 heterocycles. The van der Waals surface area contributed by atoms with Crippen molar-refractivity contribution < 1.29 is 13.2 Å². The lowest BCUT2D eigenvalue weighted by Crippen LogP contribution is -2.07. The number of halogens is 3. The normalized spacial score (nSPS) is 12.1. The van der Waals surface area contributed by atoms with Crippen LogP contribution in [0, 0.1) is 0 Å². The molecular formula is C11H10F3N3. The number of pyridine rings is 1. The van der Waals surface area contributed by atoms with Crippen LogP contribution in [0.15, 0.2) is 18.8 Å². The molecule has 0 fully saturated rings. The third-order valence-corrected chi connectivity index (χ3v) is 2.44. The van der Waals surface area contributed by atoms with E-state index in [-0.39, 0.29) is 5.52 Å². The van der Waals surface area contributed by atoms with Gasteiger partial charge in [0.15, 0.2) is 0 Å². The lowest BCUT2D eigenvalue weighted by atomic mass is 10.3. The maximum absolute atomic E-state index is 12.5. The van der Waals surface area contributed by atoms with E-state index in [1.807, 2.05) is 0 Å². The Kier molecular flexibility index (Phi) is 2.45. The zero-order valence-corrected chi connectivity index (χ0v) is 9.34. The Hall–Kier alpha value is -1.85. The summed E-state index contributed by atoms with van der Waals surface area (Å²) in [7, 11) is 1.72. The Morgan fingerprint density at radius 2 is 2.06 bits per heavy atom. The lowest BCUT2D eigenvalue weighted by molar-refractivity contribution is -0.141. The van der Waals surface area contributed by atoms with Crippen LogP contribution in [0.5, 0.6) is 0 Å². The summed E-state index contributed by atoms with van der Waals surface area (Å²) >= 11 is 0. The first-order valence-electron chi connectivity index (χ1n) is 4.86. The van der Waals surface area contributed by atoms with Crippen molar-refractivity contribution in [1.82, 2.24) is 14.5 Å². The molecule has 0 amide bonds. The highest BCUT2D eigenvalue weighted by atomic mass is 19.4. The van der Waals surface area contributed by atoms with Gasteiger partial charge in [0.25, 0.3) is 0 Å². The molecule has 6 heteroatoms. The third-order valence-electron chi connectivity index (χ3n) is 2.44. The molecule has 2 aromatic heterocycles. The van der Waals surface area contributed by atoms with Crippen LogP contribution in [-0.2, 0) is 13.2 Å². The molecule has 0 unspecified atom stereocenters. The molecule has 0 saturated heterocycles. The van der Waals surface area contributed by atoms with Crippen molar-refractivity contribution in [3.63, 3.8) is 0 Å². The van der Waals surface area contributed by atoms with Gasteiger partial charge in [0.2, 0.25) is 0 Å². The summed E-state index contributed by atoms with van der Waals surface area (Å²) in [6.07, 6.45) is -3.27. The number of hydrogen-bond donors (Lipinski definition) is 0. The van der Waals surface area contributed by atoms with Crippen molar-refractivity contribution in [3.05, 3.63) is 30.4 Å². The minimum Gasteiger partial charge on any atom is -0.326 e. The minimum absolute atomic E-state index is 0.271. The van der Waals surface area contributed by atoms with Crippen LogP contribution in [0.1, 0.15) is 18.4 Å². The zero-order valence-electron chi connectivity index (χ0n) is 9.34. The van der Waals surface area contributed by atoms with Crippen molar-refractivity contribution in [2.24, 2.45) is 7.05 Å². The number of aromatic nitrogens is 3. The highest BCUT2D eigenvalue weighted by molar-refractivity contribution is 5.78. The van der Waals surface area contributed by atoms with E-state index in [4.69, 9.17) is 0 Å². The molecule has 0 aliphatic heterocycles. The van der Waals surface area contributed by atoms with Gasteiger partial charge in [0.1, 0.15) is 11.5 Å². The fourth-order valence-corrected chi connectivity index (χ4v) is 1.63. The van der Waals surface area contributed by atoms with Crippen LogP contribution in [0.2, 0.25) is 0 Å². The molecule has 0 atom stereocenters. The summed E-state index contributed by atoms with van der Waals surface area (Å²) in [5.74, 6) is 0.557. The monoisotopic (exact) mass is 241 g/mol. The molecule has 0 saturated carbocycles. The molecule has 0 bridgehead atoms. The number of imidazole rings is 1. The fraction of sp³-hybridized carbons (Fsp3) is 0.273. The molecule has 0 spiro atoms. The SMILES string of the molecule is C=C(C)c1nc2cc(C(F)(F)F)ncc2n1C. The number of rotatable bonds is 1. The fourth-order valence-electron chi connectivity index (χ4n) is 1.63. The van der Waals surface area contributed by atoms with Crippen molar-refractivity contribution >= 4 is 16.6 Å². The van der Waals surface area contributed by atoms with Crippen LogP contribution >= 0.6 is 0 Å². The third kappa shape index (κ3) is 1.90. The van der Waals surface area contributed by atoms with E-state index in [1.54, 1.807) is 18.5 Å². The lowest BCUT2D eigenvalue weighted by Gasteiger charge is -2.04. The summed E-state index contributed by atoms with van der Waals surface area (Å²) in [5.41, 5.74) is 0.581. The van der Waals surface area contributed by atoms with Gasteiger partial charge in [0.05, 0.1) is 17.2 Å². The van der Waals surface area contributed by atoms with Gasteiger partial charge in [-0.25, -0.2) is 9.97 Å². The van der Waals surface area contributed by atoms with Crippen LogP contribution in [0.25, 0.3) is 16.6 Å². The average Bonchev–Trinajstić information content (AvgIpc) is 2.54. The Balaban J connectivity index is 2.68. The van der Waals surface area contributed by atoms with Crippen LogP contribution in [0.4, 0.5) is 13.2 Å². The molecule has 2 aromatic rings. The molecule has 0 aliphatic carbocycles. The Morgan fingerprint density at radius 3 is 2.59 bits per heavy atom. The molecule has 3 nitrogen and oxygen atoms in total. The van der Waals surface area contributed by atoms with E-state index in [0.717, 1.165) is 6.07 Å². The second kappa shape index (κ2) is 3.58. The van der Waals surface area contributed by atoms with Gasteiger partial charge in [-0.3, -0.25) is 0 Å².